The molecule has 0 aliphatic rings. The van der Waals surface area contributed by atoms with Crippen LogP contribution in [-0.2, 0) is 7.05 Å². The van der Waals surface area contributed by atoms with Gasteiger partial charge in [0.15, 0.2) is 0 Å². The Kier molecular flexibility index (Phi) is 1.70. The normalized spacial score (nSPS) is 10.4. The second-order valence-corrected chi connectivity index (χ2v) is 2.42. The Morgan fingerprint density at radius 3 is 2.86 bits per heavy atom. The summed E-state index contributed by atoms with van der Waals surface area (Å²) in [6.07, 6.45) is 1.23. The molecule has 2 heterocycles. The number of carboxylic acids is 1. The number of hydrogen-bond acceptors (Lipinski definition) is 6. The van der Waals surface area contributed by atoms with Gasteiger partial charge in [-0.1, -0.05) is 5.10 Å². The number of hydrogen-bond donors (Lipinski definition) is 1. The molecule has 0 atom stereocenters. The second kappa shape index (κ2) is 2.87. The van der Waals surface area contributed by atoms with Crippen LogP contribution >= 0.6 is 0 Å². The van der Waals surface area contributed by atoms with Crippen LogP contribution in [0.5, 0.6) is 0 Å². The van der Waals surface area contributed by atoms with Gasteiger partial charge >= 0.3 is 5.97 Å². The summed E-state index contributed by atoms with van der Waals surface area (Å²) in [5.74, 6) is -1.20. The van der Waals surface area contributed by atoms with Crippen molar-refractivity contribution in [3.05, 3.63) is 12.2 Å². The van der Waals surface area contributed by atoms with Crippen LogP contribution in [0.15, 0.2) is 6.33 Å². The summed E-state index contributed by atoms with van der Waals surface area (Å²) in [4.78, 5) is 14.0. The lowest BCUT2D eigenvalue weighted by Gasteiger charge is -1.94. The largest absolute Gasteiger partial charge is 0.475 e. The number of rotatable bonds is 2. The molecule has 9 heteroatoms. The Balaban J connectivity index is 2.43. The van der Waals surface area contributed by atoms with Gasteiger partial charge in [-0.2, -0.15) is 4.68 Å². The van der Waals surface area contributed by atoms with Gasteiger partial charge in [0.25, 0.3) is 11.8 Å². The van der Waals surface area contributed by atoms with Crippen molar-refractivity contribution in [3.8, 4) is 5.95 Å². The van der Waals surface area contributed by atoms with Crippen molar-refractivity contribution in [1.82, 2.24) is 35.0 Å². The fourth-order valence-electron chi connectivity index (χ4n) is 0.876. The van der Waals surface area contributed by atoms with Gasteiger partial charge in [-0.3, -0.25) is 0 Å². The van der Waals surface area contributed by atoms with E-state index < -0.39 is 5.97 Å². The van der Waals surface area contributed by atoms with E-state index in [2.05, 4.69) is 25.6 Å². The number of carboxylic acid groups (broad SMARTS) is 1. The molecular weight excluding hydrogens is 190 g/mol. The lowest BCUT2D eigenvalue weighted by molar-refractivity contribution is 0.0683. The summed E-state index contributed by atoms with van der Waals surface area (Å²) in [6.45, 7) is 0. The van der Waals surface area contributed by atoms with Crippen LogP contribution in [0.3, 0.4) is 0 Å². The standard InChI is InChI=1S/C5H5N7O2/c1-11-5(7-9-10-11)12-2-6-3(8-12)4(13)14/h2H,1H3,(H,13,14). The first-order valence-electron chi connectivity index (χ1n) is 3.56. The van der Waals surface area contributed by atoms with Crippen molar-refractivity contribution < 1.29 is 9.90 Å². The minimum absolute atomic E-state index is 0.296. The van der Waals surface area contributed by atoms with Gasteiger partial charge in [-0.25, -0.2) is 14.5 Å². The molecule has 0 spiro atoms. The van der Waals surface area contributed by atoms with Crippen LogP contribution in [0, 0.1) is 0 Å². The maximum atomic E-state index is 10.5. The van der Waals surface area contributed by atoms with Gasteiger partial charge in [-0.15, -0.1) is 5.10 Å². The van der Waals surface area contributed by atoms with Crippen molar-refractivity contribution in [3.63, 3.8) is 0 Å². The van der Waals surface area contributed by atoms with Gasteiger partial charge in [0.05, 0.1) is 0 Å². The zero-order valence-electron chi connectivity index (χ0n) is 7.06. The summed E-state index contributed by atoms with van der Waals surface area (Å²) in [6, 6.07) is 0. The van der Waals surface area contributed by atoms with Crippen LogP contribution in [0.25, 0.3) is 5.95 Å². The molecule has 2 aromatic heterocycles. The first kappa shape index (κ1) is 8.29. The summed E-state index contributed by atoms with van der Waals surface area (Å²) < 4.78 is 2.53. The first-order chi connectivity index (χ1) is 6.68. The van der Waals surface area contributed by atoms with Crippen molar-refractivity contribution in [1.29, 1.82) is 0 Å². The van der Waals surface area contributed by atoms with E-state index >= 15 is 0 Å². The van der Waals surface area contributed by atoms with Crippen molar-refractivity contribution in [2.24, 2.45) is 7.05 Å². The molecule has 0 saturated carbocycles. The molecule has 0 aromatic carbocycles. The summed E-state index contributed by atoms with van der Waals surface area (Å²) in [5, 5.41) is 22.8. The molecule has 0 bridgehead atoms. The van der Waals surface area contributed by atoms with Gasteiger partial charge in [0.1, 0.15) is 6.33 Å². The molecule has 0 aliphatic heterocycles. The van der Waals surface area contributed by atoms with Crippen LogP contribution in [-0.4, -0.2) is 46.0 Å². The van der Waals surface area contributed by atoms with Crippen LogP contribution < -0.4 is 0 Å². The van der Waals surface area contributed by atoms with E-state index in [9.17, 15) is 4.79 Å². The Hall–Kier alpha value is -2.32. The Bertz CT molecular complexity index is 472. The molecule has 14 heavy (non-hydrogen) atoms. The molecule has 0 amide bonds. The van der Waals surface area contributed by atoms with Gasteiger partial charge in [0, 0.05) is 7.05 Å². The SMILES string of the molecule is Cn1nnnc1-n1cnc(C(=O)O)n1. The fraction of sp³-hybridized carbons (Fsp3) is 0.200. The predicted molar refractivity (Wildman–Crippen MR) is 40.7 cm³/mol. The van der Waals surface area contributed by atoms with Crippen molar-refractivity contribution in [2.75, 3.05) is 0 Å². The van der Waals surface area contributed by atoms with Gasteiger partial charge in [-0.05, 0) is 10.4 Å². The Morgan fingerprint density at radius 1 is 1.57 bits per heavy atom. The lowest BCUT2D eigenvalue weighted by atomic mass is 10.7. The van der Waals surface area contributed by atoms with E-state index in [0.29, 0.717) is 5.95 Å². The van der Waals surface area contributed by atoms with Gasteiger partial charge < -0.3 is 5.11 Å². The molecule has 2 aromatic rings. The van der Waals surface area contributed by atoms with Crippen LogP contribution in [0.1, 0.15) is 10.6 Å². The molecule has 0 aliphatic carbocycles. The van der Waals surface area contributed by atoms with E-state index in [1.54, 1.807) is 7.05 Å². The average Bonchev–Trinajstić information content (AvgIpc) is 2.71. The number of nitrogens with zero attached hydrogens (tertiary/aromatic N) is 7. The zero-order valence-corrected chi connectivity index (χ0v) is 7.06. The lowest BCUT2D eigenvalue weighted by Crippen LogP contribution is -2.06. The molecule has 1 N–H and O–H groups in total. The summed E-state index contributed by atoms with van der Waals surface area (Å²) in [7, 11) is 1.61. The summed E-state index contributed by atoms with van der Waals surface area (Å²) in [5.41, 5.74) is 0. The van der Waals surface area contributed by atoms with Crippen molar-refractivity contribution in [2.45, 2.75) is 0 Å². The smallest absolute Gasteiger partial charge is 0.375 e. The molecule has 0 saturated heterocycles. The van der Waals surface area contributed by atoms with E-state index in [4.69, 9.17) is 5.11 Å². The third-order valence-electron chi connectivity index (χ3n) is 1.49. The Morgan fingerprint density at radius 2 is 2.36 bits per heavy atom. The van der Waals surface area contributed by atoms with E-state index in [1.165, 1.54) is 15.7 Å². The number of aryl methyl sites for hydroxylation is 1. The average molecular weight is 195 g/mol. The maximum Gasteiger partial charge on any atom is 0.375 e. The second-order valence-electron chi connectivity index (χ2n) is 2.42. The van der Waals surface area contributed by atoms with E-state index in [0.717, 1.165) is 0 Å². The topological polar surface area (TPSA) is 112 Å². The van der Waals surface area contributed by atoms with E-state index in [-0.39, 0.29) is 5.82 Å². The molecule has 72 valence electrons. The fourth-order valence-corrected chi connectivity index (χ4v) is 0.876. The quantitative estimate of drug-likeness (QED) is 0.619. The highest BCUT2D eigenvalue weighted by molar-refractivity contribution is 5.82. The third kappa shape index (κ3) is 1.20. The van der Waals surface area contributed by atoms with E-state index in [1.807, 2.05) is 0 Å². The number of aromatic nitrogens is 7. The maximum absolute atomic E-state index is 10.5. The molecule has 0 radical (unpaired) electrons. The monoisotopic (exact) mass is 195 g/mol. The molecule has 0 fully saturated rings. The first-order valence-corrected chi connectivity index (χ1v) is 3.56. The molecule has 0 unspecified atom stereocenters. The molecule has 9 nitrogen and oxygen atoms in total. The van der Waals surface area contributed by atoms with Crippen molar-refractivity contribution >= 4 is 5.97 Å². The van der Waals surface area contributed by atoms with Gasteiger partial charge in [0.2, 0.25) is 0 Å². The molecular formula is C5H5N7O2. The Labute approximate surface area is 77.0 Å². The highest BCUT2D eigenvalue weighted by Gasteiger charge is 2.12. The number of tetrazole rings is 1. The number of aromatic carboxylic acids is 1. The minimum atomic E-state index is -1.20. The predicted octanol–water partition coefficient (Wildman–Crippen LogP) is -1.51. The number of carbonyl (C=O) groups is 1. The molecule has 2 rings (SSSR count). The zero-order chi connectivity index (χ0) is 10.1. The van der Waals surface area contributed by atoms with Crippen LogP contribution in [0.4, 0.5) is 0 Å². The minimum Gasteiger partial charge on any atom is -0.475 e. The highest BCUT2D eigenvalue weighted by atomic mass is 16.4. The highest BCUT2D eigenvalue weighted by Crippen LogP contribution is 1.97. The summed E-state index contributed by atoms with van der Waals surface area (Å²) >= 11 is 0. The van der Waals surface area contributed by atoms with Crippen LogP contribution in [0.2, 0.25) is 0 Å². The third-order valence-corrected chi connectivity index (χ3v) is 1.49.